The molecule has 0 fully saturated rings. The van der Waals surface area contributed by atoms with Gasteiger partial charge in [0.15, 0.2) is 9.84 Å². The number of hydrogen-bond acceptors (Lipinski definition) is 5. The van der Waals surface area contributed by atoms with E-state index in [1.165, 1.54) is 18.2 Å². The van der Waals surface area contributed by atoms with Crippen molar-refractivity contribution in [2.45, 2.75) is 17.7 Å². The molecule has 0 spiro atoms. The zero-order valence-corrected chi connectivity index (χ0v) is 13.0. The first-order valence-corrected chi connectivity index (χ1v) is 8.52. The molecule has 1 aliphatic rings. The van der Waals surface area contributed by atoms with Crippen LogP contribution in [0.5, 0.6) is 11.5 Å². The van der Waals surface area contributed by atoms with Crippen molar-refractivity contribution in [1.29, 1.82) is 5.26 Å². The number of benzene rings is 2. The molecule has 24 heavy (non-hydrogen) atoms. The first kappa shape index (κ1) is 16.4. The minimum atomic E-state index is -3.67. The van der Waals surface area contributed by atoms with Gasteiger partial charge in [-0.15, -0.1) is 0 Å². The van der Waals surface area contributed by atoms with E-state index in [2.05, 4.69) is 0 Å². The zero-order chi connectivity index (χ0) is 17.5. The largest absolute Gasteiger partial charge is 0.457 e. The van der Waals surface area contributed by atoms with Gasteiger partial charge >= 0.3 is 0 Å². The molecule has 1 atom stereocenters. The maximum Gasteiger partial charge on any atom is 0.181 e. The van der Waals surface area contributed by atoms with Gasteiger partial charge in [0.2, 0.25) is 0 Å². The Balaban J connectivity index is 2.10. The molecule has 8 heteroatoms. The molecule has 0 aromatic heterocycles. The Morgan fingerprint density at radius 3 is 2.75 bits per heavy atom. The number of sulfone groups is 1. The van der Waals surface area contributed by atoms with E-state index in [1.807, 2.05) is 0 Å². The molecule has 0 aliphatic carbocycles. The lowest BCUT2D eigenvalue weighted by Crippen LogP contribution is -2.02. The van der Waals surface area contributed by atoms with Crippen LogP contribution < -0.4 is 4.74 Å². The number of nitriles is 1. The van der Waals surface area contributed by atoms with Gasteiger partial charge in [-0.05, 0) is 24.3 Å². The Kier molecular flexibility index (Phi) is 3.99. The van der Waals surface area contributed by atoms with Crippen molar-refractivity contribution in [3.63, 3.8) is 0 Å². The van der Waals surface area contributed by atoms with Gasteiger partial charge in [-0.25, -0.2) is 17.2 Å². The molecule has 0 bridgehead atoms. The number of nitrogens with zero attached hydrogens (tertiary/aromatic N) is 1. The molecule has 0 saturated heterocycles. The quantitative estimate of drug-likeness (QED) is 0.919. The molecule has 2 aromatic rings. The van der Waals surface area contributed by atoms with Crippen LogP contribution in [0.2, 0.25) is 0 Å². The van der Waals surface area contributed by atoms with Crippen LogP contribution in [0, 0.1) is 17.1 Å². The summed E-state index contributed by atoms with van der Waals surface area (Å²) >= 11 is 0. The van der Waals surface area contributed by atoms with E-state index in [0.29, 0.717) is 0 Å². The molecule has 2 aromatic carbocycles. The van der Waals surface area contributed by atoms with Gasteiger partial charge in [0.25, 0.3) is 0 Å². The van der Waals surface area contributed by atoms with E-state index in [1.54, 1.807) is 6.07 Å². The summed E-state index contributed by atoms with van der Waals surface area (Å²) in [5, 5.41) is 18.8. The molecule has 1 aliphatic heterocycles. The summed E-state index contributed by atoms with van der Waals surface area (Å²) in [4.78, 5) is -0.132. The van der Waals surface area contributed by atoms with Gasteiger partial charge in [-0.1, -0.05) is 0 Å². The van der Waals surface area contributed by atoms with Crippen molar-refractivity contribution >= 4 is 9.84 Å². The number of aliphatic hydroxyl groups excluding tert-OH is 1. The summed E-state index contributed by atoms with van der Waals surface area (Å²) in [6, 6.07) is 7.54. The van der Waals surface area contributed by atoms with Crippen LogP contribution in [0.4, 0.5) is 8.78 Å². The van der Waals surface area contributed by atoms with Crippen molar-refractivity contribution in [3.8, 4) is 17.6 Å². The molecular weight excluding hydrogens is 340 g/mol. The first-order chi connectivity index (χ1) is 11.4. The lowest BCUT2D eigenvalue weighted by atomic mass is 10.0. The molecule has 124 valence electrons. The average Bonchev–Trinajstić information content (AvgIpc) is 2.76. The van der Waals surface area contributed by atoms with Gasteiger partial charge in [0.05, 0.1) is 28.4 Å². The summed E-state index contributed by atoms with van der Waals surface area (Å²) in [6.07, 6.45) is -1.35. The van der Waals surface area contributed by atoms with Gasteiger partial charge in [-0.2, -0.15) is 5.26 Å². The Hall–Kier alpha value is -2.50. The predicted molar refractivity (Wildman–Crippen MR) is 79.5 cm³/mol. The molecule has 5 nitrogen and oxygen atoms in total. The second-order valence-corrected chi connectivity index (χ2v) is 7.28. The minimum absolute atomic E-state index is 0.0237. The zero-order valence-electron chi connectivity index (χ0n) is 12.2. The monoisotopic (exact) mass is 351 g/mol. The van der Waals surface area contributed by atoms with Crippen molar-refractivity contribution in [1.82, 2.24) is 0 Å². The SMILES string of the molecule is N#Cc1cc(F)cc(Oc2ccc3c(c2CF)C(O)CS3(=O)=O)c1. The van der Waals surface area contributed by atoms with Crippen LogP contribution >= 0.6 is 0 Å². The fraction of sp³-hybridized carbons (Fsp3) is 0.188. The van der Waals surface area contributed by atoms with Crippen molar-refractivity contribution in [2.75, 3.05) is 5.75 Å². The third-order valence-electron chi connectivity index (χ3n) is 3.68. The van der Waals surface area contributed by atoms with Crippen LogP contribution in [-0.4, -0.2) is 19.3 Å². The number of fused-ring (bicyclic) bond motifs is 1. The van der Waals surface area contributed by atoms with E-state index in [4.69, 9.17) is 10.00 Å². The first-order valence-electron chi connectivity index (χ1n) is 6.87. The maximum atomic E-state index is 13.5. The Labute approximate surface area is 136 Å². The minimum Gasteiger partial charge on any atom is -0.457 e. The molecule has 1 N–H and O–H groups in total. The number of ether oxygens (including phenoxy) is 1. The van der Waals surface area contributed by atoms with E-state index in [-0.39, 0.29) is 33.1 Å². The molecular formula is C16H11F2NO4S. The summed E-state index contributed by atoms with van der Waals surface area (Å²) in [5.74, 6) is -1.29. The fourth-order valence-electron chi connectivity index (χ4n) is 2.69. The van der Waals surface area contributed by atoms with Crippen LogP contribution in [0.25, 0.3) is 0 Å². The third kappa shape index (κ3) is 2.72. The standard InChI is InChI=1S/C16H11F2NO4S/c17-6-12-14(23-11-4-9(7-19)3-10(18)5-11)1-2-15-16(12)13(20)8-24(15,21)22/h1-5,13,20H,6,8H2. The summed E-state index contributed by atoms with van der Waals surface area (Å²) in [5.41, 5.74) is -0.119. The number of rotatable bonds is 3. The average molecular weight is 351 g/mol. The van der Waals surface area contributed by atoms with E-state index in [0.717, 1.165) is 12.1 Å². The number of hydrogen-bond donors (Lipinski definition) is 1. The van der Waals surface area contributed by atoms with Crippen LogP contribution in [0.1, 0.15) is 22.8 Å². The lowest BCUT2D eigenvalue weighted by molar-refractivity contribution is 0.201. The maximum absolute atomic E-state index is 13.5. The second kappa shape index (κ2) is 5.85. The molecule has 1 heterocycles. The summed E-state index contributed by atoms with van der Waals surface area (Å²) < 4.78 is 56.2. The number of aliphatic hydroxyl groups is 1. The van der Waals surface area contributed by atoms with Gasteiger partial charge < -0.3 is 9.84 Å². The highest BCUT2D eigenvalue weighted by Crippen LogP contribution is 2.41. The van der Waals surface area contributed by atoms with Crippen molar-refractivity contribution < 1.29 is 27.0 Å². The lowest BCUT2D eigenvalue weighted by Gasteiger charge is -2.14. The second-order valence-electron chi connectivity index (χ2n) is 5.27. The van der Waals surface area contributed by atoms with Crippen molar-refractivity contribution in [2.24, 2.45) is 0 Å². The van der Waals surface area contributed by atoms with Gasteiger partial charge in [-0.3, -0.25) is 0 Å². The van der Waals surface area contributed by atoms with E-state index >= 15 is 0 Å². The van der Waals surface area contributed by atoms with E-state index < -0.39 is 34.2 Å². The predicted octanol–water partition coefficient (Wildman–Crippen LogP) is 2.78. The molecule has 0 radical (unpaired) electrons. The topological polar surface area (TPSA) is 87.4 Å². The highest BCUT2D eigenvalue weighted by atomic mass is 32.2. The van der Waals surface area contributed by atoms with Crippen LogP contribution in [0.15, 0.2) is 35.2 Å². The van der Waals surface area contributed by atoms with Crippen LogP contribution in [-0.2, 0) is 16.5 Å². The number of halogens is 2. The Morgan fingerprint density at radius 1 is 1.33 bits per heavy atom. The Bertz CT molecular complexity index is 967. The summed E-state index contributed by atoms with van der Waals surface area (Å²) in [6.45, 7) is -1.06. The highest BCUT2D eigenvalue weighted by Gasteiger charge is 2.36. The van der Waals surface area contributed by atoms with Gasteiger partial charge in [0.1, 0.15) is 24.0 Å². The third-order valence-corrected chi connectivity index (χ3v) is 5.46. The molecule has 0 amide bonds. The summed E-state index contributed by atoms with van der Waals surface area (Å²) in [7, 11) is -3.67. The molecule has 1 unspecified atom stereocenters. The van der Waals surface area contributed by atoms with Crippen LogP contribution in [0.3, 0.4) is 0 Å². The fourth-order valence-corrected chi connectivity index (χ4v) is 4.32. The van der Waals surface area contributed by atoms with E-state index in [9.17, 15) is 22.3 Å². The van der Waals surface area contributed by atoms with Crippen molar-refractivity contribution in [3.05, 3.63) is 52.8 Å². The molecule has 0 saturated carbocycles. The highest BCUT2D eigenvalue weighted by molar-refractivity contribution is 7.91. The smallest absolute Gasteiger partial charge is 0.181 e. The normalized spacial score (nSPS) is 18.0. The van der Waals surface area contributed by atoms with Gasteiger partial charge in [0, 0.05) is 17.2 Å². The number of alkyl halides is 1. The Morgan fingerprint density at radius 2 is 2.08 bits per heavy atom. The molecule has 3 rings (SSSR count).